The Balaban J connectivity index is 1.82. The van der Waals surface area contributed by atoms with Crippen LogP contribution in [0.4, 0.5) is 23.2 Å². The van der Waals surface area contributed by atoms with Crippen molar-refractivity contribution in [1.82, 2.24) is 9.78 Å². The van der Waals surface area contributed by atoms with Crippen LogP contribution in [0.3, 0.4) is 0 Å². The van der Waals surface area contributed by atoms with Gasteiger partial charge in [-0.2, -0.15) is 9.49 Å². The summed E-state index contributed by atoms with van der Waals surface area (Å²) in [4.78, 5) is 14.4. The topological polar surface area (TPSA) is 38.1 Å². The lowest BCUT2D eigenvalue weighted by Crippen LogP contribution is -2.35. The van der Waals surface area contributed by atoms with E-state index < -0.39 is 35.4 Å². The molecule has 4 rings (SSSR count). The molecule has 0 unspecified atom stereocenters. The molecule has 2 aliphatic rings. The Morgan fingerprint density at radius 3 is 2.50 bits per heavy atom. The van der Waals surface area contributed by atoms with Crippen molar-refractivity contribution in [2.45, 2.75) is 44.1 Å². The van der Waals surface area contributed by atoms with Gasteiger partial charge in [0.25, 0.3) is 12.3 Å². The summed E-state index contributed by atoms with van der Waals surface area (Å²) in [5, 5.41) is 3.44. The van der Waals surface area contributed by atoms with Crippen molar-refractivity contribution < 1.29 is 22.4 Å². The molecule has 1 aromatic heterocycles. The number of aromatic nitrogens is 2. The maximum Gasteiger partial charge on any atom is 0.283 e. The molecule has 0 radical (unpaired) electrons. The van der Waals surface area contributed by atoms with E-state index in [4.69, 9.17) is 0 Å². The van der Waals surface area contributed by atoms with E-state index in [1.165, 1.54) is 17.0 Å². The number of aryl methyl sites for hydroxylation is 1. The predicted molar refractivity (Wildman–Crippen MR) is 86.3 cm³/mol. The Morgan fingerprint density at radius 2 is 1.92 bits per heavy atom. The molecule has 4 nitrogen and oxygen atoms in total. The number of amides is 1. The Bertz CT molecular complexity index is 872. The highest BCUT2D eigenvalue weighted by Gasteiger charge is 2.41. The standard InChI is InChI=1S/C18H17F4N3O/c1-24-17(22)14(15(23-24)16(20)21)18(26)25(11-5-6-11)13-8-10(19)4-7-12(13)9-2-3-9/h4,7-9,11,16H,2-3,5-6H2,1H3. The molecule has 0 spiro atoms. The average Bonchev–Trinajstić information content (AvgIpc) is 3.48. The number of carbonyl (C=O) groups is 1. The van der Waals surface area contributed by atoms with Crippen LogP contribution >= 0.6 is 0 Å². The monoisotopic (exact) mass is 367 g/mol. The summed E-state index contributed by atoms with van der Waals surface area (Å²) >= 11 is 0. The fourth-order valence-corrected chi connectivity index (χ4v) is 3.26. The van der Waals surface area contributed by atoms with Gasteiger partial charge in [0, 0.05) is 13.1 Å². The Morgan fingerprint density at radius 1 is 1.23 bits per heavy atom. The van der Waals surface area contributed by atoms with Crippen LogP contribution in [0.15, 0.2) is 18.2 Å². The van der Waals surface area contributed by atoms with E-state index >= 15 is 0 Å². The number of halogens is 4. The molecule has 0 atom stereocenters. The summed E-state index contributed by atoms with van der Waals surface area (Å²) in [5.41, 5.74) is -0.469. The average molecular weight is 367 g/mol. The van der Waals surface area contributed by atoms with Gasteiger partial charge in [0.15, 0.2) is 0 Å². The third kappa shape index (κ3) is 2.87. The van der Waals surface area contributed by atoms with Gasteiger partial charge in [0.05, 0.1) is 5.69 Å². The third-order valence-electron chi connectivity index (χ3n) is 4.82. The first kappa shape index (κ1) is 17.1. The minimum absolute atomic E-state index is 0.216. The summed E-state index contributed by atoms with van der Waals surface area (Å²) in [5.74, 6) is -2.31. The van der Waals surface area contributed by atoms with E-state index in [9.17, 15) is 22.4 Å². The normalized spacial score (nSPS) is 17.0. The first-order chi connectivity index (χ1) is 12.4. The van der Waals surface area contributed by atoms with Gasteiger partial charge in [-0.1, -0.05) is 6.07 Å². The highest BCUT2D eigenvalue weighted by molar-refractivity contribution is 6.08. The van der Waals surface area contributed by atoms with Crippen molar-refractivity contribution in [2.24, 2.45) is 7.05 Å². The molecule has 1 aromatic carbocycles. The van der Waals surface area contributed by atoms with Gasteiger partial charge in [-0.15, -0.1) is 0 Å². The zero-order chi connectivity index (χ0) is 18.6. The lowest BCUT2D eigenvalue weighted by molar-refractivity contribution is 0.0965. The largest absolute Gasteiger partial charge is 0.305 e. The lowest BCUT2D eigenvalue weighted by Gasteiger charge is -2.25. The predicted octanol–water partition coefficient (Wildman–Crippen LogP) is 4.32. The number of nitrogens with zero attached hydrogens (tertiary/aromatic N) is 3. The van der Waals surface area contributed by atoms with E-state index in [1.807, 2.05) is 0 Å². The molecule has 1 amide bonds. The van der Waals surface area contributed by atoms with Crippen LogP contribution < -0.4 is 4.90 Å². The van der Waals surface area contributed by atoms with E-state index in [0.717, 1.165) is 25.5 Å². The molecule has 0 aliphatic heterocycles. The zero-order valence-corrected chi connectivity index (χ0v) is 14.1. The van der Waals surface area contributed by atoms with Gasteiger partial charge in [0.1, 0.15) is 17.1 Å². The third-order valence-corrected chi connectivity index (χ3v) is 4.82. The summed E-state index contributed by atoms with van der Waals surface area (Å²) in [6, 6.07) is 3.94. The Labute approximate surface area is 147 Å². The van der Waals surface area contributed by atoms with Crippen molar-refractivity contribution in [3.63, 3.8) is 0 Å². The van der Waals surface area contributed by atoms with Gasteiger partial charge < -0.3 is 4.90 Å². The number of rotatable bonds is 5. The highest BCUT2D eigenvalue weighted by Crippen LogP contribution is 2.47. The second-order valence-electron chi connectivity index (χ2n) is 6.86. The molecule has 8 heteroatoms. The summed E-state index contributed by atoms with van der Waals surface area (Å²) < 4.78 is 55.4. The summed E-state index contributed by atoms with van der Waals surface area (Å²) in [6.45, 7) is 0. The van der Waals surface area contributed by atoms with E-state index in [0.29, 0.717) is 23.2 Å². The minimum Gasteiger partial charge on any atom is -0.305 e. The van der Waals surface area contributed by atoms with Crippen LogP contribution in [-0.4, -0.2) is 21.7 Å². The van der Waals surface area contributed by atoms with E-state index in [1.54, 1.807) is 6.07 Å². The van der Waals surface area contributed by atoms with Crippen LogP contribution in [-0.2, 0) is 7.05 Å². The lowest BCUT2D eigenvalue weighted by atomic mass is 10.1. The zero-order valence-electron chi connectivity index (χ0n) is 14.1. The number of carbonyl (C=O) groups excluding carboxylic acids is 1. The number of anilines is 1. The number of hydrogen-bond acceptors (Lipinski definition) is 2. The molecule has 26 heavy (non-hydrogen) atoms. The van der Waals surface area contributed by atoms with Crippen LogP contribution in [0.5, 0.6) is 0 Å². The van der Waals surface area contributed by atoms with Crippen LogP contribution in [0.25, 0.3) is 0 Å². The molecule has 0 N–H and O–H groups in total. The van der Waals surface area contributed by atoms with Crippen LogP contribution in [0.1, 0.15) is 59.6 Å². The van der Waals surface area contributed by atoms with Crippen LogP contribution in [0.2, 0.25) is 0 Å². The quantitative estimate of drug-likeness (QED) is 0.738. The SMILES string of the molecule is Cn1nc(C(F)F)c(C(=O)N(c2cc(F)ccc2C2CC2)C2CC2)c1F. The van der Waals surface area contributed by atoms with Gasteiger partial charge >= 0.3 is 0 Å². The van der Waals surface area contributed by atoms with Crippen molar-refractivity contribution in [3.05, 3.63) is 46.8 Å². The second-order valence-corrected chi connectivity index (χ2v) is 6.86. The Kier molecular flexibility index (Phi) is 4.00. The van der Waals surface area contributed by atoms with Gasteiger partial charge in [0.2, 0.25) is 5.95 Å². The maximum atomic E-state index is 14.4. The maximum absolute atomic E-state index is 14.4. The van der Waals surface area contributed by atoms with Gasteiger partial charge in [-0.05, 0) is 49.3 Å². The number of hydrogen-bond donors (Lipinski definition) is 0. The van der Waals surface area contributed by atoms with Crippen molar-refractivity contribution in [3.8, 4) is 0 Å². The number of alkyl halides is 2. The summed E-state index contributed by atoms with van der Waals surface area (Å²) in [6.07, 6.45) is 0.0985. The fourth-order valence-electron chi connectivity index (χ4n) is 3.26. The molecule has 2 fully saturated rings. The molecule has 0 saturated heterocycles. The first-order valence-corrected chi connectivity index (χ1v) is 8.52. The van der Waals surface area contributed by atoms with E-state index in [2.05, 4.69) is 5.10 Å². The molecule has 2 aromatic rings. The molecule has 2 saturated carbocycles. The molecule has 138 valence electrons. The molecular weight excluding hydrogens is 350 g/mol. The van der Waals surface area contributed by atoms with Gasteiger partial charge in [-0.3, -0.25) is 4.79 Å². The highest BCUT2D eigenvalue weighted by atomic mass is 19.3. The van der Waals surface area contributed by atoms with E-state index in [-0.39, 0.29) is 12.0 Å². The van der Waals surface area contributed by atoms with Crippen molar-refractivity contribution in [2.75, 3.05) is 4.90 Å². The smallest absolute Gasteiger partial charge is 0.283 e. The fraction of sp³-hybridized carbons (Fsp3) is 0.444. The van der Waals surface area contributed by atoms with Gasteiger partial charge in [-0.25, -0.2) is 17.9 Å². The molecular formula is C18H17F4N3O. The van der Waals surface area contributed by atoms with Crippen LogP contribution in [0, 0.1) is 11.8 Å². The Hall–Kier alpha value is -2.38. The van der Waals surface area contributed by atoms with Crippen molar-refractivity contribution >= 4 is 11.6 Å². The minimum atomic E-state index is -3.08. The number of benzene rings is 1. The first-order valence-electron chi connectivity index (χ1n) is 8.52. The molecule has 1 heterocycles. The summed E-state index contributed by atoms with van der Waals surface area (Å²) in [7, 11) is 1.16. The second kappa shape index (κ2) is 6.10. The molecule has 0 bridgehead atoms. The molecule has 2 aliphatic carbocycles. The van der Waals surface area contributed by atoms with Crippen molar-refractivity contribution in [1.29, 1.82) is 0 Å².